The van der Waals surface area contributed by atoms with Gasteiger partial charge in [-0.2, -0.15) is 9.61 Å². The summed E-state index contributed by atoms with van der Waals surface area (Å²) in [7, 11) is 0. The van der Waals surface area contributed by atoms with Gasteiger partial charge in [0.1, 0.15) is 5.56 Å². The van der Waals surface area contributed by atoms with Crippen LogP contribution in [0.2, 0.25) is 0 Å². The Labute approximate surface area is 157 Å². The number of carbonyl (C=O) groups is 1. The average Bonchev–Trinajstić information content (AvgIpc) is 3.10. The highest BCUT2D eigenvalue weighted by Crippen LogP contribution is 2.26. The second-order valence-electron chi connectivity index (χ2n) is 6.86. The normalized spacial score (nSPS) is 14.7. The molecule has 1 aromatic carbocycles. The molecule has 140 valence electrons. The van der Waals surface area contributed by atoms with Gasteiger partial charge in [-0.25, -0.2) is 4.98 Å². The number of aromatic nitrogens is 3. The first kappa shape index (κ1) is 17.5. The number of hydrogen-bond donors (Lipinski definition) is 1. The number of fused-ring (bicyclic) bond motifs is 1. The van der Waals surface area contributed by atoms with E-state index in [1.165, 1.54) is 16.3 Å². The maximum atomic E-state index is 12.8. The van der Waals surface area contributed by atoms with Crippen molar-refractivity contribution in [1.82, 2.24) is 19.5 Å². The van der Waals surface area contributed by atoms with Crippen LogP contribution in [0.3, 0.4) is 0 Å². The molecular formula is C20H22N4O3. The van der Waals surface area contributed by atoms with Crippen LogP contribution in [0, 0.1) is 13.8 Å². The van der Waals surface area contributed by atoms with Crippen LogP contribution < -0.4 is 0 Å². The molecule has 27 heavy (non-hydrogen) atoms. The Bertz CT molecular complexity index is 989. The number of nitrogens with zero attached hydrogens (tertiary/aromatic N) is 4. The summed E-state index contributed by atoms with van der Waals surface area (Å²) in [4.78, 5) is 19.1. The van der Waals surface area contributed by atoms with E-state index in [-0.39, 0.29) is 11.8 Å². The molecule has 0 unspecified atom stereocenters. The molecule has 3 heterocycles. The van der Waals surface area contributed by atoms with Crippen molar-refractivity contribution in [2.24, 2.45) is 0 Å². The van der Waals surface area contributed by atoms with E-state index in [2.05, 4.69) is 10.1 Å². The minimum Gasteiger partial charge on any atom is -0.493 e. The lowest BCUT2D eigenvalue weighted by Gasteiger charge is -2.26. The number of ether oxygens (including phenoxy) is 1. The molecule has 0 saturated carbocycles. The predicted octanol–water partition coefficient (Wildman–Crippen LogP) is 2.11. The smallest absolute Gasteiger partial charge is 0.259 e. The molecule has 0 bridgehead atoms. The molecule has 1 aliphatic rings. The van der Waals surface area contributed by atoms with Crippen molar-refractivity contribution in [3.63, 3.8) is 0 Å². The first-order valence-electron chi connectivity index (χ1n) is 9.03. The zero-order chi connectivity index (χ0) is 19.0. The van der Waals surface area contributed by atoms with Crippen molar-refractivity contribution in [3.8, 4) is 5.88 Å². The van der Waals surface area contributed by atoms with Gasteiger partial charge in [0, 0.05) is 30.8 Å². The second kappa shape index (κ2) is 7.00. The Hall–Kier alpha value is -2.93. The van der Waals surface area contributed by atoms with Crippen molar-refractivity contribution in [3.05, 3.63) is 58.4 Å². The highest BCUT2D eigenvalue weighted by Gasteiger charge is 2.24. The highest BCUT2D eigenvalue weighted by atomic mass is 16.5. The van der Waals surface area contributed by atoms with Gasteiger partial charge in [0.15, 0.2) is 5.65 Å². The van der Waals surface area contributed by atoms with E-state index in [1.807, 2.05) is 38.1 Å². The van der Waals surface area contributed by atoms with Crippen molar-refractivity contribution in [2.45, 2.75) is 20.3 Å². The summed E-state index contributed by atoms with van der Waals surface area (Å²) < 4.78 is 6.65. The fourth-order valence-corrected chi connectivity index (χ4v) is 3.33. The van der Waals surface area contributed by atoms with Crippen LogP contribution in [0.5, 0.6) is 5.88 Å². The number of amides is 1. The second-order valence-corrected chi connectivity index (χ2v) is 6.86. The highest BCUT2D eigenvalue weighted by molar-refractivity contribution is 5.99. The number of morpholine rings is 1. The van der Waals surface area contributed by atoms with E-state index in [0.29, 0.717) is 55.2 Å². The first-order valence-corrected chi connectivity index (χ1v) is 9.03. The molecule has 3 aromatic rings. The molecule has 7 heteroatoms. The van der Waals surface area contributed by atoms with Gasteiger partial charge in [-0.15, -0.1) is 0 Å². The molecule has 7 nitrogen and oxygen atoms in total. The van der Waals surface area contributed by atoms with E-state index >= 15 is 0 Å². The molecule has 1 amide bonds. The van der Waals surface area contributed by atoms with Crippen LogP contribution in [0.25, 0.3) is 5.65 Å². The van der Waals surface area contributed by atoms with E-state index in [1.54, 1.807) is 4.90 Å². The molecule has 1 N–H and O–H groups in total. The first-order chi connectivity index (χ1) is 13.0. The lowest BCUT2D eigenvalue weighted by molar-refractivity contribution is 0.0304. The van der Waals surface area contributed by atoms with Crippen LogP contribution in [0.1, 0.15) is 32.7 Å². The Morgan fingerprint density at radius 3 is 2.59 bits per heavy atom. The molecule has 1 aliphatic heterocycles. The van der Waals surface area contributed by atoms with E-state index in [9.17, 15) is 9.90 Å². The van der Waals surface area contributed by atoms with Crippen LogP contribution in [-0.2, 0) is 11.2 Å². The summed E-state index contributed by atoms with van der Waals surface area (Å²) in [5.74, 6) is -0.106. The number of hydrogen-bond acceptors (Lipinski definition) is 5. The van der Waals surface area contributed by atoms with Crippen molar-refractivity contribution < 1.29 is 14.6 Å². The number of carbonyl (C=O) groups excluding carboxylic acids is 1. The van der Waals surface area contributed by atoms with Gasteiger partial charge in [0.25, 0.3) is 5.91 Å². The number of aryl methyl sites for hydroxylation is 2. The van der Waals surface area contributed by atoms with Crippen molar-refractivity contribution >= 4 is 11.6 Å². The van der Waals surface area contributed by atoms with Gasteiger partial charge in [0.05, 0.1) is 19.4 Å². The SMILES string of the molecule is Cc1ccc(Cc2c(C)nc3c(C(=O)N4CCOCC4)cnn3c2O)cc1. The van der Waals surface area contributed by atoms with Gasteiger partial charge >= 0.3 is 0 Å². The zero-order valence-electron chi connectivity index (χ0n) is 15.5. The Kier molecular flexibility index (Phi) is 4.53. The average molecular weight is 366 g/mol. The third-order valence-electron chi connectivity index (χ3n) is 4.95. The monoisotopic (exact) mass is 366 g/mol. The third-order valence-corrected chi connectivity index (χ3v) is 4.95. The predicted molar refractivity (Wildman–Crippen MR) is 100 cm³/mol. The van der Waals surface area contributed by atoms with E-state index in [0.717, 1.165) is 5.56 Å². The summed E-state index contributed by atoms with van der Waals surface area (Å²) >= 11 is 0. The maximum Gasteiger partial charge on any atom is 0.259 e. The van der Waals surface area contributed by atoms with Gasteiger partial charge in [-0.05, 0) is 19.4 Å². The quantitative estimate of drug-likeness (QED) is 0.768. The lowest BCUT2D eigenvalue weighted by Crippen LogP contribution is -2.40. The van der Waals surface area contributed by atoms with E-state index < -0.39 is 0 Å². The van der Waals surface area contributed by atoms with Gasteiger partial charge in [0.2, 0.25) is 5.88 Å². The molecule has 0 aliphatic carbocycles. The van der Waals surface area contributed by atoms with Gasteiger partial charge in [-0.3, -0.25) is 4.79 Å². The van der Waals surface area contributed by atoms with E-state index in [4.69, 9.17) is 4.74 Å². The lowest BCUT2D eigenvalue weighted by atomic mass is 10.0. The topological polar surface area (TPSA) is 80.0 Å². The zero-order valence-corrected chi connectivity index (χ0v) is 15.5. The van der Waals surface area contributed by atoms with Gasteiger partial charge in [-0.1, -0.05) is 29.8 Å². The minimum absolute atomic E-state index is 0.0269. The van der Waals surface area contributed by atoms with Crippen LogP contribution in [-0.4, -0.2) is 56.8 Å². The van der Waals surface area contributed by atoms with Crippen LogP contribution >= 0.6 is 0 Å². The molecule has 2 aromatic heterocycles. The van der Waals surface area contributed by atoms with Crippen LogP contribution in [0.4, 0.5) is 0 Å². The third kappa shape index (κ3) is 3.26. The summed E-state index contributed by atoms with van der Waals surface area (Å²) in [5, 5.41) is 15.0. The number of aromatic hydroxyl groups is 1. The molecule has 0 atom stereocenters. The summed E-state index contributed by atoms with van der Waals surface area (Å²) in [6.45, 7) is 6.04. The summed E-state index contributed by atoms with van der Waals surface area (Å²) in [5.41, 5.74) is 4.45. The molecule has 1 fully saturated rings. The van der Waals surface area contributed by atoms with Crippen molar-refractivity contribution in [2.75, 3.05) is 26.3 Å². The Morgan fingerprint density at radius 1 is 1.19 bits per heavy atom. The molecule has 1 saturated heterocycles. The Balaban J connectivity index is 1.70. The Morgan fingerprint density at radius 2 is 1.89 bits per heavy atom. The molecular weight excluding hydrogens is 344 g/mol. The standard InChI is InChI=1S/C20H22N4O3/c1-13-3-5-15(6-4-13)11-16-14(2)22-18-17(12-21-24(18)20(16)26)19(25)23-7-9-27-10-8-23/h3-6,12,26H,7-11H2,1-2H3. The number of benzene rings is 1. The molecule has 0 radical (unpaired) electrons. The fraction of sp³-hybridized carbons (Fsp3) is 0.350. The van der Waals surface area contributed by atoms with Gasteiger partial charge < -0.3 is 14.7 Å². The van der Waals surface area contributed by atoms with Crippen molar-refractivity contribution in [1.29, 1.82) is 0 Å². The maximum absolute atomic E-state index is 12.8. The fourth-order valence-electron chi connectivity index (χ4n) is 3.33. The summed E-state index contributed by atoms with van der Waals surface area (Å²) in [6.07, 6.45) is 2.03. The largest absolute Gasteiger partial charge is 0.493 e. The molecule has 4 rings (SSSR count). The summed E-state index contributed by atoms with van der Waals surface area (Å²) in [6, 6.07) is 8.16. The molecule has 0 spiro atoms. The minimum atomic E-state index is -0.133. The van der Waals surface area contributed by atoms with Crippen LogP contribution in [0.15, 0.2) is 30.5 Å². The number of rotatable bonds is 3.